The van der Waals surface area contributed by atoms with Gasteiger partial charge in [0, 0.05) is 11.6 Å². The molecule has 0 bridgehead atoms. The van der Waals surface area contributed by atoms with Gasteiger partial charge in [-0.2, -0.15) is 0 Å². The van der Waals surface area contributed by atoms with Crippen molar-refractivity contribution in [2.75, 3.05) is 6.61 Å². The predicted molar refractivity (Wildman–Crippen MR) is 69.9 cm³/mol. The minimum Gasteiger partial charge on any atom is -0.394 e. The third-order valence-electron chi connectivity index (χ3n) is 3.90. The van der Waals surface area contributed by atoms with Crippen molar-refractivity contribution in [3.63, 3.8) is 0 Å². The predicted octanol–water partition coefficient (Wildman–Crippen LogP) is -0.259. The molecule has 1 unspecified atom stereocenters. The van der Waals surface area contributed by atoms with Crippen LogP contribution >= 0.6 is 0 Å². The average Bonchev–Trinajstić information content (AvgIpc) is 2.92. The van der Waals surface area contributed by atoms with Gasteiger partial charge in [-0.05, 0) is 19.9 Å². The SMILES string of the molecule is Cc1ncnc2c1ccn2[C@@H]1O[C@H](CO)[C@H](O)C1(C)O. The van der Waals surface area contributed by atoms with Crippen LogP contribution in [0.1, 0.15) is 18.8 Å². The van der Waals surface area contributed by atoms with Gasteiger partial charge in [-0.25, -0.2) is 9.97 Å². The first-order valence-electron chi connectivity index (χ1n) is 6.41. The Morgan fingerprint density at radius 2 is 2.20 bits per heavy atom. The molecular formula is C13H17N3O4. The van der Waals surface area contributed by atoms with Crippen LogP contribution in [-0.2, 0) is 4.74 Å². The van der Waals surface area contributed by atoms with Crippen LogP contribution in [0.3, 0.4) is 0 Å². The monoisotopic (exact) mass is 279 g/mol. The summed E-state index contributed by atoms with van der Waals surface area (Å²) in [5, 5.41) is 30.6. The third-order valence-corrected chi connectivity index (χ3v) is 3.90. The fraction of sp³-hybridized carbons (Fsp3) is 0.538. The lowest BCUT2D eigenvalue weighted by atomic mass is 9.96. The number of aryl methyl sites for hydroxylation is 1. The van der Waals surface area contributed by atoms with Gasteiger partial charge in [0.2, 0.25) is 0 Å². The molecule has 0 saturated carbocycles. The molecular weight excluding hydrogens is 262 g/mol. The molecule has 7 heteroatoms. The second-order valence-corrected chi connectivity index (χ2v) is 5.30. The number of fused-ring (bicyclic) bond motifs is 1. The van der Waals surface area contributed by atoms with Crippen LogP contribution in [0.5, 0.6) is 0 Å². The summed E-state index contributed by atoms with van der Waals surface area (Å²) in [6, 6.07) is 1.84. The lowest BCUT2D eigenvalue weighted by molar-refractivity contribution is -0.0948. The number of aromatic nitrogens is 3. The van der Waals surface area contributed by atoms with Crippen LogP contribution in [-0.4, -0.2) is 54.3 Å². The van der Waals surface area contributed by atoms with Gasteiger partial charge >= 0.3 is 0 Å². The number of rotatable bonds is 2. The quantitative estimate of drug-likeness (QED) is 0.700. The highest BCUT2D eigenvalue weighted by molar-refractivity contribution is 5.78. The molecule has 0 aromatic carbocycles. The molecule has 3 N–H and O–H groups in total. The largest absolute Gasteiger partial charge is 0.394 e. The van der Waals surface area contributed by atoms with E-state index < -0.39 is 24.0 Å². The van der Waals surface area contributed by atoms with E-state index in [1.807, 2.05) is 13.0 Å². The summed E-state index contributed by atoms with van der Waals surface area (Å²) in [7, 11) is 0. The van der Waals surface area contributed by atoms with E-state index in [4.69, 9.17) is 4.74 Å². The van der Waals surface area contributed by atoms with Crippen molar-refractivity contribution < 1.29 is 20.1 Å². The van der Waals surface area contributed by atoms with Gasteiger partial charge in [-0.15, -0.1) is 0 Å². The Hall–Kier alpha value is -1.54. The average molecular weight is 279 g/mol. The molecule has 4 atom stereocenters. The highest BCUT2D eigenvalue weighted by Crippen LogP contribution is 2.39. The molecule has 1 saturated heterocycles. The number of aliphatic hydroxyl groups is 3. The molecule has 1 aliphatic rings. The van der Waals surface area contributed by atoms with Gasteiger partial charge in [0.05, 0.1) is 12.3 Å². The van der Waals surface area contributed by atoms with Gasteiger partial charge in [0.25, 0.3) is 0 Å². The van der Waals surface area contributed by atoms with E-state index in [1.54, 1.807) is 10.8 Å². The molecule has 3 rings (SSSR count). The van der Waals surface area contributed by atoms with Crippen LogP contribution in [0.4, 0.5) is 0 Å². The Morgan fingerprint density at radius 1 is 1.45 bits per heavy atom. The Bertz CT molecular complexity index is 640. The number of aliphatic hydroxyl groups excluding tert-OH is 2. The maximum Gasteiger partial charge on any atom is 0.167 e. The van der Waals surface area contributed by atoms with E-state index in [1.165, 1.54) is 13.3 Å². The third kappa shape index (κ3) is 1.75. The van der Waals surface area contributed by atoms with Gasteiger partial charge < -0.3 is 24.6 Å². The summed E-state index contributed by atoms with van der Waals surface area (Å²) in [5.74, 6) is 0. The zero-order valence-electron chi connectivity index (χ0n) is 11.3. The Labute approximate surface area is 115 Å². The molecule has 108 valence electrons. The van der Waals surface area contributed by atoms with Gasteiger partial charge in [0.15, 0.2) is 6.23 Å². The van der Waals surface area contributed by atoms with Crippen LogP contribution in [0.2, 0.25) is 0 Å². The van der Waals surface area contributed by atoms with Gasteiger partial charge in [-0.3, -0.25) is 0 Å². The topological polar surface area (TPSA) is 101 Å². The molecule has 3 heterocycles. The minimum atomic E-state index is -1.52. The van der Waals surface area contributed by atoms with Crippen molar-refractivity contribution in [3.8, 4) is 0 Å². The number of hydrogen-bond acceptors (Lipinski definition) is 6. The van der Waals surface area contributed by atoms with E-state index in [2.05, 4.69) is 9.97 Å². The first-order valence-corrected chi connectivity index (χ1v) is 6.41. The minimum absolute atomic E-state index is 0.360. The van der Waals surface area contributed by atoms with E-state index in [9.17, 15) is 15.3 Å². The Kier molecular flexibility index (Phi) is 3.02. The van der Waals surface area contributed by atoms with E-state index in [-0.39, 0.29) is 6.61 Å². The highest BCUT2D eigenvalue weighted by atomic mass is 16.6. The molecule has 1 fully saturated rings. The summed E-state index contributed by atoms with van der Waals surface area (Å²) in [6.45, 7) is 2.99. The number of hydrogen-bond donors (Lipinski definition) is 3. The normalized spacial score (nSPS) is 34.0. The lowest BCUT2D eigenvalue weighted by Crippen LogP contribution is -2.44. The van der Waals surface area contributed by atoms with Crippen LogP contribution in [0.15, 0.2) is 18.6 Å². The zero-order valence-corrected chi connectivity index (χ0v) is 11.3. The maximum absolute atomic E-state index is 10.5. The zero-order chi connectivity index (χ0) is 14.5. The molecule has 1 aliphatic heterocycles. The fourth-order valence-electron chi connectivity index (χ4n) is 2.68. The first kappa shape index (κ1) is 13.4. The molecule has 0 amide bonds. The Balaban J connectivity index is 2.10. The van der Waals surface area contributed by atoms with Crippen LogP contribution in [0, 0.1) is 6.92 Å². The van der Waals surface area contributed by atoms with E-state index in [0.717, 1.165) is 11.1 Å². The molecule has 2 aromatic rings. The van der Waals surface area contributed by atoms with Crippen LogP contribution < -0.4 is 0 Å². The molecule has 0 aliphatic carbocycles. The summed E-state index contributed by atoms with van der Waals surface area (Å²) in [6.07, 6.45) is 0.366. The maximum atomic E-state index is 10.5. The van der Waals surface area contributed by atoms with E-state index >= 15 is 0 Å². The second kappa shape index (κ2) is 4.49. The van der Waals surface area contributed by atoms with Crippen molar-refractivity contribution in [3.05, 3.63) is 24.3 Å². The van der Waals surface area contributed by atoms with Gasteiger partial charge in [0.1, 0.15) is 29.8 Å². The highest BCUT2D eigenvalue weighted by Gasteiger charge is 2.53. The summed E-state index contributed by atoms with van der Waals surface area (Å²) < 4.78 is 7.24. The lowest BCUT2D eigenvalue weighted by Gasteiger charge is -2.27. The van der Waals surface area contributed by atoms with Crippen molar-refractivity contribution in [1.82, 2.24) is 14.5 Å². The molecule has 20 heavy (non-hydrogen) atoms. The summed E-state index contributed by atoms with van der Waals surface area (Å²) in [4.78, 5) is 8.32. The van der Waals surface area contributed by atoms with Crippen molar-refractivity contribution >= 4 is 11.0 Å². The standard InChI is InChI=1S/C13H17N3O4/c1-7-8-3-4-16(11(8)15-6-14-7)12-13(2,19)10(18)9(5-17)20-12/h3-4,6,9-10,12,17-19H,5H2,1-2H3/t9-,10+,12-,13?/m1/s1. The Morgan fingerprint density at radius 3 is 2.85 bits per heavy atom. The van der Waals surface area contributed by atoms with Crippen LogP contribution in [0.25, 0.3) is 11.0 Å². The van der Waals surface area contributed by atoms with Crippen molar-refractivity contribution in [2.24, 2.45) is 0 Å². The number of nitrogens with zero attached hydrogens (tertiary/aromatic N) is 3. The van der Waals surface area contributed by atoms with Crippen molar-refractivity contribution in [1.29, 1.82) is 0 Å². The second-order valence-electron chi connectivity index (χ2n) is 5.30. The summed E-state index contributed by atoms with van der Waals surface area (Å²) >= 11 is 0. The van der Waals surface area contributed by atoms with Gasteiger partial charge in [-0.1, -0.05) is 0 Å². The first-order chi connectivity index (χ1) is 9.46. The molecule has 7 nitrogen and oxygen atoms in total. The fourth-order valence-corrected chi connectivity index (χ4v) is 2.68. The van der Waals surface area contributed by atoms with E-state index in [0.29, 0.717) is 5.65 Å². The summed E-state index contributed by atoms with van der Waals surface area (Å²) in [5.41, 5.74) is -0.0720. The number of ether oxygens (including phenoxy) is 1. The molecule has 0 spiro atoms. The smallest absolute Gasteiger partial charge is 0.167 e. The molecule has 0 radical (unpaired) electrons. The molecule has 2 aromatic heterocycles. The van der Waals surface area contributed by atoms with Crippen molar-refractivity contribution in [2.45, 2.75) is 37.9 Å².